The number of likely N-dealkylation sites (tertiary alicyclic amines) is 1. The van der Waals surface area contributed by atoms with Crippen molar-refractivity contribution in [1.29, 1.82) is 0 Å². The second-order valence-corrected chi connectivity index (χ2v) is 10.6. The summed E-state index contributed by atoms with van der Waals surface area (Å²) in [4.78, 5) is 5.58. The average Bonchev–Trinajstić information content (AvgIpc) is 2.94. The number of fused-ring (bicyclic) bond motifs is 2. The fraction of sp³-hybridized carbons (Fsp3) is 1.00. The first-order valence-electron chi connectivity index (χ1n) is 12.2. The number of nitrogens with zero attached hydrogens (tertiary/aromatic N) is 2. The first-order valence-corrected chi connectivity index (χ1v) is 12.2. The lowest BCUT2D eigenvalue weighted by atomic mass is 9.85. The van der Waals surface area contributed by atoms with Crippen LogP contribution in [0.2, 0.25) is 0 Å². The minimum atomic E-state index is 0.326. The van der Waals surface area contributed by atoms with Crippen LogP contribution < -0.4 is 0 Å². The summed E-state index contributed by atoms with van der Waals surface area (Å²) in [6.07, 6.45) is 12.1. The van der Waals surface area contributed by atoms with Crippen LogP contribution in [-0.2, 0) is 9.47 Å². The summed E-state index contributed by atoms with van der Waals surface area (Å²) in [6, 6.07) is 1.48. The third-order valence-corrected chi connectivity index (χ3v) is 7.93. The summed E-state index contributed by atoms with van der Waals surface area (Å²) in [5, 5.41) is 0. The third kappa shape index (κ3) is 4.17. The molecule has 0 spiro atoms. The Morgan fingerprint density at radius 2 is 1.61 bits per heavy atom. The highest BCUT2D eigenvalue weighted by Gasteiger charge is 2.54. The molecule has 1 aliphatic carbocycles. The van der Waals surface area contributed by atoms with Crippen molar-refractivity contribution in [3.05, 3.63) is 0 Å². The fourth-order valence-corrected chi connectivity index (χ4v) is 6.82. The quantitative estimate of drug-likeness (QED) is 0.548. The lowest BCUT2D eigenvalue weighted by Gasteiger charge is -2.41. The lowest BCUT2D eigenvalue weighted by molar-refractivity contribution is -0.0770. The van der Waals surface area contributed by atoms with Gasteiger partial charge in [0.15, 0.2) is 0 Å². The molecule has 0 N–H and O–H groups in total. The molecule has 0 amide bonds. The van der Waals surface area contributed by atoms with Crippen LogP contribution in [-0.4, -0.2) is 71.5 Å². The molecule has 0 aromatic rings. The van der Waals surface area contributed by atoms with Gasteiger partial charge in [0.1, 0.15) is 0 Å². The van der Waals surface area contributed by atoms with E-state index < -0.39 is 0 Å². The fourth-order valence-electron chi connectivity index (χ4n) is 6.82. The molecule has 3 aliphatic heterocycles. The molecule has 4 rings (SSSR count). The van der Waals surface area contributed by atoms with Gasteiger partial charge in [-0.2, -0.15) is 0 Å². The first-order chi connectivity index (χ1) is 13.4. The van der Waals surface area contributed by atoms with Gasteiger partial charge in [0, 0.05) is 17.6 Å². The minimum absolute atomic E-state index is 0.326. The summed E-state index contributed by atoms with van der Waals surface area (Å²) in [7, 11) is 0. The van der Waals surface area contributed by atoms with Crippen LogP contribution in [0.3, 0.4) is 0 Å². The predicted molar refractivity (Wildman–Crippen MR) is 115 cm³/mol. The molecule has 162 valence electrons. The van der Waals surface area contributed by atoms with Gasteiger partial charge < -0.3 is 9.47 Å². The van der Waals surface area contributed by atoms with Gasteiger partial charge in [0.2, 0.25) is 0 Å². The summed E-state index contributed by atoms with van der Waals surface area (Å²) >= 11 is 0. The van der Waals surface area contributed by atoms with Crippen LogP contribution >= 0.6 is 0 Å². The number of hydrogen-bond acceptors (Lipinski definition) is 4. The third-order valence-electron chi connectivity index (χ3n) is 7.93. The lowest BCUT2D eigenvalue weighted by Crippen LogP contribution is -2.51. The second kappa shape index (κ2) is 8.53. The first kappa shape index (κ1) is 21.1. The molecule has 4 nitrogen and oxygen atoms in total. The van der Waals surface area contributed by atoms with Gasteiger partial charge >= 0.3 is 0 Å². The average molecular weight is 393 g/mol. The SMILES string of the molecule is CC(C)OC(CCCN1[C@H]2C[C@H]2C[C@H]1[C@H](C)OC(C)C)C12CCCN1CCC2. The van der Waals surface area contributed by atoms with E-state index >= 15 is 0 Å². The molecule has 1 unspecified atom stereocenters. The second-order valence-electron chi connectivity index (χ2n) is 10.6. The normalized spacial score (nSPS) is 34.2. The molecule has 4 fully saturated rings. The van der Waals surface area contributed by atoms with Crippen LogP contribution in [0.5, 0.6) is 0 Å². The van der Waals surface area contributed by atoms with Gasteiger partial charge in [0.25, 0.3) is 0 Å². The Morgan fingerprint density at radius 1 is 0.929 bits per heavy atom. The molecule has 3 saturated heterocycles. The summed E-state index contributed by atoms with van der Waals surface area (Å²) < 4.78 is 12.8. The summed E-state index contributed by atoms with van der Waals surface area (Å²) in [5.74, 6) is 0.949. The van der Waals surface area contributed by atoms with Gasteiger partial charge in [-0.1, -0.05) is 0 Å². The molecule has 0 aromatic heterocycles. The summed E-state index contributed by atoms with van der Waals surface area (Å²) in [6.45, 7) is 14.9. The van der Waals surface area contributed by atoms with E-state index in [9.17, 15) is 0 Å². The van der Waals surface area contributed by atoms with E-state index in [2.05, 4.69) is 44.4 Å². The molecule has 1 saturated carbocycles. The Bertz CT molecular complexity index is 513. The van der Waals surface area contributed by atoms with E-state index in [1.54, 1.807) is 0 Å². The molecule has 4 heteroatoms. The maximum Gasteiger partial charge on any atom is 0.0762 e. The Morgan fingerprint density at radius 3 is 2.25 bits per heavy atom. The van der Waals surface area contributed by atoms with Crippen molar-refractivity contribution in [3.63, 3.8) is 0 Å². The largest absolute Gasteiger partial charge is 0.374 e. The molecule has 0 radical (unpaired) electrons. The van der Waals surface area contributed by atoms with E-state index in [1.807, 2.05) is 0 Å². The van der Waals surface area contributed by atoms with Crippen LogP contribution in [0.25, 0.3) is 0 Å². The van der Waals surface area contributed by atoms with Crippen molar-refractivity contribution in [3.8, 4) is 0 Å². The zero-order valence-electron chi connectivity index (χ0n) is 19.0. The van der Waals surface area contributed by atoms with Gasteiger partial charge in [0.05, 0.1) is 24.4 Å². The van der Waals surface area contributed by atoms with Crippen molar-refractivity contribution in [2.75, 3.05) is 19.6 Å². The highest BCUT2D eigenvalue weighted by atomic mass is 16.5. The molecular weight excluding hydrogens is 348 g/mol. The van der Waals surface area contributed by atoms with E-state index in [0.717, 1.165) is 12.0 Å². The molecule has 28 heavy (non-hydrogen) atoms. The van der Waals surface area contributed by atoms with E-state index in [4.69, 9.17) is 9.47 Å². The van der Waals surface area contributed by atoms with Gasteiger partial charge in [-0.3, -0.25) is 9.80 Å². The smallest absolute Gasteiger partial charge is 0.0762 e. The molecular formula is C24H44N2O2. The molecule has 5 atom stereocenters. The van der Waals surface area contributed by atoms with Crippen LogP contribution in [0, 0.1) is 5.92 Å². The summed E-state index contributed by atoms with van der Waals surface area (Å²) in [5.41, 5.74) is 0.352. The monoisotopic (exact) mass is 392 g/mol. The van der Waals surface area contributed by atoms with Crippen LogP contribution in [0.15, 0.2) is 0 Å². The number of piperidine rings is 1. The Hall–Kier alpha value is -0.160. The molecule has 3 heterocycles. The van der Waals surface area contributed by atoms with Crippen molar-refractivity contribution in [2.45, 2.75) is 128 Å². The van der Waals surface area contributed by atoms with E-state index in [1.165, 1.54) is 71.0 Å². The minimum Gasteiger partial charge on any atom is -0.374 e. The topological polar surface area (TPSA) is 24.9 Å². The van der Waals surface area contributed by atoms with Crippen LogP contribution in [0.4, 0.5) is 0 Å². The van der Waals surface area contributed by atoms with E-state index in [0.29, 0.717) is 36.0 Å². The predicted octanol–water partition coefficient (Wildman–Crippen LogP) is 4.46. The maximum atomic E-state index is 6.58. The van der Waals surface area contributed by atoms with Crippen molar-refractivity contribution < 1.29 is 9.47 Å². The maximum absolute atomic E-state index is 6.58. The van der Waals surface area contributed by atoms with Crippen LogP contribution in [0.1, 0.15) is 86.0 Å². The molecule has 0 aromatic carbocycles. The van der Waals surface area contributed by atoms with E-state index in [-0.39, 0.29) is 0 Å². The van der Waals surface area contributed by atoms with Crippen molar-refractivity contribution >= 4 is 0 Å². The highest BCUT2D eigenvalue weighted by molar-refractivity contribution is 5.08. The molecule has 0 bridgehead atoms. The Balaban J connectivity index is 1.35. The number of ether oxygens (including phenoxy) is 2. The highest BCUT2D eigenvalue weighted by Crippen LogP contribution is 2.49. The Kier molecular flexibility index (Phi) is 6.42. The van der Waals surface area contributed by atoms with Crippen molar-refractivity contribution in [2.24, 2.45) is 5.92 Å². The van der Waals surface area contributed by atoms with Gasteiger partial charge in [-0.05, 0) is 112 Å². The Labute approximate surface area is 173 Å². The number of rotatable bonds is 10. The molecule has 4 aliphatic rings. The van der Waals surface area contributed by atoms with Gasteiger partial charge in [-0.25, -0.2) is 0 Å². The van der Waals surface area contributed by atoms with Crippen molar-refractivity contribution in [1.82, 2.24) is 9.80 Å². The zero-order chi connectivity index (χ0) is 19.9. The standard InChI is InChI=1S/C24H44N2O2/c1-17(2)27-19(5)21-15-20-16-22(20)26(21)14-6-9-23(28-18(3)4)24-10-7-12-25(24)13-8-11-24/h17-23H,6-16H2,1-5H3/t19-,20+,21-,22-,23?/m0/s1. The van der Waals surface area contributed by atoms with Gasteiger partial charge in [-0.15, -0.1) is 0 Å². The number of hydrogen-bond donors (Lipinski definition) is 0. The zero-order valence-corrected chi connectivity index (χ0v) is 19.0.